The smallest absolute Gasteiger partial charge is 0.376 e. The summed E-state index contributed by atoms with van der Waals surface area (Å²) in [6.45, 7) is 1.29. The van der Waals surface area contributed by atoms with Crippen LogP contribution < -0.4 is 5.32 Å². The van der Waals surface area contributed by atoms with E-state index >= 15 is 0 Å². The van der Waals surface area contributed by atoms with Crippen LogP contribution in [0.5, 0.6) is 0 Å². The van der Waals surface area contributed by atoms with E-state index in [0.717, 1.165) is 0 Å². The predicted molar refractivity (Wildman–Crippen MR) is 63.2 cm³/mol. The van der Waals surface area contributed by atoms with Gasteiger partial charge < -0.3 is 14.9 Å². The van der Waals surface area contributed by atoms with E-state index in [4.69, 9.17) is 9.63 Å². The average Bonchev–Trinajstić information content (AvgIpc) is 2.73. The number of amides is 1. The van der Waals surface area contributed by atoms with E-state index in [1.807, 2.05) is 6.07 Å². The lowest BCUT2D eigenvalue weighted by molar-refractivity contribution is -0.114. The summed E-state index contributed by atoms with van der Waals surface area (Å²) in [4.78, 5) is 22.1. The molecule has 1 aromatic heterocycles. The minimum Gasteiger partial charge on any atom is -0.475 e. The molecule has 2 rings (SSSR count). The van der Waals surface area contributed by atoms with E-state index in [9.17, 15) is 9.59 Å². The Morgan fingerprint density at radius 2 is 1.94 bits per heavy atom. The minimum atomic E-state index is -1.28. The number of carbonyl (C=O) groups is 2. The quantitative estimate of drug-likeness (QED) is 0.863. The first kappa shape index (κ1) is 11.8. The van der Waals surface area contributed by atoms with Crippen LogP contribution in [0.1, 0.15) is 17.5 Å². The van der Waals surface area contributed by atoms with Crippen molar-refractivity contribution in [2.24, 2.45) is 0 Å². The van der Waals surface area contributed by atoms with Gasteiger partial charge in [-0.3, -0.25) is 4.79 Å². The monoisotopic (exact) mass is 246 g/mol. The van der Waals surface area contributed by atoms with Crippen molar-refractivity contribution < 1.29 is 19.2 Å². The summed E-state index contributed by atoms with van der Waals surface area (Å²) in [5, 5.41) is 15.1. The number of hydrogen-bond donors (Lipinski definition) is 2. The van der Waals surface area contributed by atoms with Gasteiger partial charge in [0.2, 0.25) is 5.91 Å². The molecule has 0 unspecified atom stereocenters. The molecule has 6 nitrogen and oxygen atoms in total. The van der Waals surface area contributed by atoms with Gasteiger partial charge in [-0.25, -0.2) is 4.79 Å². The number of aromatic nitrogens is 1. The van der Waals surface area contributed by atoms with Crippen molar-refractivity contribution in [2.45, 2.75) is 6.92 Å². The van der Waals surface area contributed by atoms with Gasteiger partial charge in [0.05, 0.1) is 0 Å². The van der Waals surface area contributed by atoms with E-state index in [-0.39, 0.29) is 11.4 Å². The lowest BCUT2D eigenvalue weighted by Crippen LogP contribution is -2.09. The number of nitrogens with zero attached hydrogens (tertiary/aromatic N) is 1. The molecule has 0 saturated heterocycles. The number of carboxylic acids is 1. The molecule has 1 heterocycles. The topological polar surface area (TPSA) is 92.4 Å². The first-order valence-electron chi connectivity index (χ1n) is 5.15. The molecule has 0 aliphatic rings. The Kier molecular flexibility index (Phi) is 3.09. The Labute approximate surface area is 102 Å². The fourth-order valence-corrected chi connectivity index (χ4v) is 1.52. The van der Waals surface area contributed by atoms with Crippen molar-refractivity contribution >= 4 is 17.6 Å². The van der Waals surface area contributed by atoms with Crippen LogP contribution in [0.15, 0.2) is 34.9 Å². The molecule has 0 aliphatic carbocycles. The third-order valence-corrected chi connectivity index (χ3v) is 2.23. The number of hydrogen-bond acceptors (Lipinski definition) is 4. The highest BCUT2D eigenvalue weighted by Gasteiger charge is 2.23. The number of carboxylic acid groups (broad SMARTS) is 1. The standard InChI is InChI=1S/C12H10N2O4/c1-7(15)13-10-9(8-5-3-2-4-6-8)14-18-11(10)12(16)17/h2-6H,1H3,(H,13,15)(H,16,17). The maximum atomic E-state index is 11.1. The van der Waals surface area contributed by atoms with Crippen LogP contribution >= 0.6 is 0 Å². The van der Waals surface area contributed by atoms with Crippen LogP contribution in [0.4, 0.5) is 5.69 Å². The van der Waals surface area contributed by atoms with Crippen LogP contribution in [-0.4, -0.2) is 22.1 Å². The zero-order valence-electron chi connectivity index (χ0n) is 9.51. The third kappa shape index (κ3) is 2.22. The highest BCUT2D eigenvalue weighted by Crippen LogP contribution is 2.30. The Bertz CT molecular complexity index is 589. The average molecular weight is 246 g/mol. The molecular formula is C12H10N2O4. The first-order chi connectivity index (χ1) is 8.59. The Morgan fingerprint density at radius 1 is 1.28 bits per heavy atom. The molecule has 92 valence electrons. The highest BCUT2D eigenvalue weighted by atomic mass is 16.5. The summed E-state index contributed by atoms with van der Waals surface area (Å²) in [7, 11) is 0. The zero-order chi connectivity index (χ0) is 13.1. The summed E-state index contributed by atoms with van der Waals surface area (Å²) in [6.07, 6.45) is 0. The van der Waals surface area contributed by atoms with Crippen LogP contribution in [0.25, 0.3) is 11.3 Å². The van der Waals surface area contributed by atoms with Gasteiger partial charge in [0.25, 0.3) is 5.76 Å². The molecule has 0 aliphatic heterocycles. The molecule has 2 N–H and O–H groups in total. The molecule has 0 saturated carbocycles. The highest BCUT2D eigenvalue weighted by molar-refractivity contribution is 6.02. The summed E-state index contributed by atoms with van der Waals surface area (Å²) in [5.74, 6) is -2.06. The van der Waals surface area contributed by atoms with E-state index < -0.39 is 11.9 Å². The number of carbonyl (C=O) groups excluding carboxylic acids is 1. The lowest BCUT2D eigenvalue weighted by atomic mass is 10.1. The van der Waals surface area contributed by atoms with E-state index in [1.165, 1.54) is 6.92 Å². The Balaban J connectivity index is 2.54. The first-order valence-corrected chi connectivity index (χ1v) is 5.15. The Morgan fingerprint density at radius 3 is 2.50 bits per heavy atom. The van der Waals surface area contributed by atoms with Crippen molar-refractivity contribution in [1.29, 1.82) is 0 Å². The summed E-state index contributed by atoms with van der Waals surface area (Å²) in [5.41, 5.74) is 1.03. The Hall–Kier alpha value is -2.63. The second-order valence-electron chi connectivity index (χ2n) is 3.59. The fraction of sp³-hybridized carbons (Fsp3) is 0.0833. The molecule has 0 radical (unpaired) electrons. The number of nitrogens with one attached hydrogen (secondary N) is 1. The molecule has 1 amide bonds. The molecule has 6 heteroatoms. The van der Waals surface area contributed by atoms with Crippen molar-refractivity contribution in [1.82, 2.24) is 5.16 Å². The second kappa shape index (κ2) is 4.70. The van der Waals surface area contributed by atoms with Gasteiger partial charge in [0, 0.05) is 12.5 Å². The molecule has 0 spiro atoms. The van der Waals surface area contributed by atoms with Gasteiger partial charge in [0.15, 0.2) is 0 Å². The maximum absolute atomic E-state index is 11.1. The van der Waals surface area contributed by atoms with Gasteiger partial charge in [-0.05, 0) is 0 Å². The number of benzene rings is 1. The summed E-state index contributed by atoms with van der Waals surface area (Å²) < 4.78 is 4.75. The normalized spacial score (nSPS) is 10.1. The van der Waals surface area contributed by atoms with Crippen LogP contribution in [0, 0.1) is 0 Å². The van der Waals surface area contributed by atoms with Crippen molar-refractivity contribution in [2.75, 3.05) is 5.32 Å². The largest absolute Gasteiger partial charge is 0.475 e. The van der Waals surface area contributed by atoms with E-state index in [0.29, 0.717) is 11.3 Å². The van der Waals surface area contributed by atoms with Crippen molar-refractivity contribution in [3.63, 3.8) is 0 Å². The SMILES string of the molecule is CC(=O)Nc1c(-c2ccccc2)noc1C(=O)O. The van der Waals surface area contributed by atoms with Crippen LogP contribution in [0.2, 0.25) is 0 Å². The summed E-state index contributed by atoms with van der Waals surface area (Å²) in [6, 6.07) is 8.87. The third-order valence-electron chi connectivity index (χ3n) is 2.23. The number of aromatic carboxylic acids is 1. The predicted octanol–water partition coefficient (Wildman–Crippen LogP) is 2.00. The van der Waals surface area contributed by atoms with E-state index in [2.05, 4.69) is 10.5 Å². The van der Waals surface area contributed by atoms with Gasteiger partial charge in [-0.15, -0.1) is 0 Å². The fourth-order valence-electron chi connectivity index (χ4n) is 1.52. The van der Waals surface area contributed by atoms with Gasteiger partial charge in [-0.2, -0.15) is 0 Å². The van der Waals surface area contributed by atoms with Gasteiger partial charge in [0.1, 0.15) is 11.4 Å². The van der Waals surface area contributed by atoms with Gasteiger partial charge in [-0.1, -0.05) is 35.5 Å². The molecular weight excluding hydrogens is 236 g/mol. The second-order valence-corrected chi connectivity index (χ2v) is 3.59. The van der Waals surface area contributed by atoms with Crippen molar-refractivity contribution in [3.05, 3.63) is 36.1 Å². The molecule has 1 aromatic carbocycles. The summed E-state index contributed by atoms with van der Waals surface area (Å²) >= 11 is 0. The number of rotatable bonds is 3. The number of anilines is 1. The lowest BCUT2D eigenvalue weighted by Gasteiger charge is -2.02. The van der Waals surface area contributed by atoms with Crippen molar-refractivity contribution in [3.8, 4) is 11.3 Å². The molecule has 0 atom stereocenters. The molecule has 0 bridgehead atoms. The van der Waals surface area contributed by atoms with E-state index in [1.54, 1.807) is 24.3 Å². The van der Waals surface area contributed by atoms with Crippen LogP contribution in [-0.2, 0) is 4.79 Å². The molecule has 0 fully saturated rings. The maximum Gasteiger partial charge on any atom is 0.376 e. The molecule has 18 heavy (non-hydrogen) atoms. The minimum absolute atomic E-state index is 0.0706. The van der Waals surface area contributed by atoms with Crippen LogP contribution in [0.3, 0.4) is 0 Å². The molecule has 2 aromatic rings. The zero-order valence-corrected chi connectivity index (χ0v) is 9.51. The van der Waals surface area contributed by atoms with Gasteiger partial charge >= 0.3 is 5.97 Å².